The first-order valence-electron chi connectivity index (χ1n) is 18.2. The first kappa shape index (κ1) is 37.9. The molecule has 0 aromatic rings. The van der Waals surface area contributed by atoms with Gasteiger partial charge in [0.1, 0.15) is 0 Å². The summed E-state index contributed by atoms with van der Waals surface area (Å²) in [6.45, 7) is 5.15. The lowest BCUT2D eigenvalue weighted by Gasteiger charge is -2.06. The molecule has 0 aromatic carbocycles. The second-order valence-electron chi connectivity index (χ2n) is 12.4. The van der Waals surface area contributed by atoms with Crippen LogP contribution >= 0.6 is 0 Å². The minimum absolute atomic E-state index is 0.372. The number of aliphatic hydroxyl groups excluding tert-OH is 1. The molecule has 2 N–H and O–H groups in total. The molecule has 2 heteroatoms. The van der Waals surface area contributed by atoms with Crippen molar-refractivity contribution in [2.75, 3.05) is 19.7 Å². The molecule has 0 unspecified atom stereocenters. The lowest BCUT2D eigenvalue weighted by Crippen LogP contribution is -2.16. The van der Waals surface area contributed by atoms with E-state index in [1.165, 1.54) is 212 Å². The second kappa shape index (κ2) is 36.9. The van der Waals surface area contributed by atoms with Gasteiger partial charge in [-0.2, -0.15) is 0 Å². The van der Waals surface area contributed by atoms with Crippen LogP contribution in [0.3, 0.4) is 0 Å². The van der Waals surface area contributed by atoms with Crippen LogP contribution in [0.1, 0.15) is 212 Å². The molecule has 0 saturated heterocycles. The zero-order chi connectivity index (χ0) is 27.5. The van der Waals surface area contributed by atoms with E-state index < -0.39 is 0 Å². The van der Waals surface area contributed by atoms with Gasteiger partial charge in [-0.15, -0.1) is 0 Å². The zero-order valence-electron chi connectivity index (χ0n) is 26.7. The van der Waals surface area contributed by atoms with E-state index in [0.29, 0.717) is 6.61 Å². The number of unbranched alkanes of at least 4 members (excludes halogenated alkanes) is 30. The lowest BCUT2D eigenvalue weighted by atomic mass is 10.0. The highest BCUT2D eigenvalue weighted by Gasteiger charge is 1.97. The quantitative estimate of drug-likeness (QED) is 0.0788. The van der Waals surface area contributed by atoms with Crippen molar-refractivity contribution in [3.05, 3.63) is 0 Å². The van der Waals surface area contributed by atoms with Gasteiger partial charge in [0, 0.05) is 6.61 Å². The first-order valence-corrected chi connectivity index (χ1v) is 18.2. The minimum atomic E-state index is 0.372. The van der Waals surface area contributed by atoms with Crippen LogP contribution in [0.5, 0.6) is 0 Å². The molecular weight excluding hydrogens is 462 g/mol. The van der Waals surface area contributed by atoms with Crippen LogP contribution in [-0.4, -0.2) is 24.8 Å². The van der Waals surface area contributed by atoms with E-state index in [0.717, 1.165) is 6.42 Å². The van der Waals surface area contributed by atoms with E-state index >= 15 is 0 Å². The normalized spacial score (nSPS) is 11.5. The molecule has 0 spiro atoms. The largest absolute Gasteiger partial charge is 0.396 e. The van der Waals surface area contributed by atoms with Crippen LogP contribution in [0, 0.1) is 0 Å². The van der Waals surface area contributed by atoms with Crippen molar-refractivity contribution >= 4 is 0 Å². The molecule has 0 aliphatic heterocycles. The van der Waals surface area contributed by atoms with Gasteiger partial charge < -0.3 is 10.4 Å². The van der Waals surface area contributed by atoms with Crippen molar-refractivity contribution < 1.29 is 5.11 Å². The maximum atomic E-state index is 8.78. The molecule has 0 aromatic heterocycles. The molecule has 0 radical (unpaired) electrons. The summed E-state index contributed by atoms with van der Waals surface area (Å²) in [4.78, 5) is 0. The number of hydrogen-bond acceptors (Lipinski definition) is 2. The first-order chi connectivity index (χ1) is 18.9. The Bertz CT molecular complexity index is 350. The number of hydrogen-bond donors (Lipinski definition) is 2. The Morgan fingerprint density at radius 2 is 0.500 bits per heavy atom. The molecule has 0 amide bonds. The Morgan fingerprint density at radius 1 is 0.289 bits per heavy atom. The smallest absolute Gasteiger partial charge is 0.0431 e. The van der Waals surface area contributed by atoms with Crippen LogP contribution in [0.15, 0.2) is 0 Å². The summed E-state index contributed by atoms with van der Waals surface area (Å²) in [5, 5.41) is 12.5. The molecule has 0 fully saturated rings. The van der Waals surface area contributed by atoms with Crippen LogP contribution in [0.25, 0.3) is 0 Å². The van der Waals surface area contributed by atoms with Crippen LogP contribution in [0.2, 0.25) is 0 Å². The third-order valence-corrected chi connectivity index (χ3v) is 8.47. The summed E-state index contributed by atoms with van der Waals surface area (Å²) in [6.07, 6.45) is 45.4. The second-order valence-corrected chi connectivity index (χ2v) is 12.4. The van der Waals surface area contributed by atoms with E-state index in [4.69, 9.17) is 5.11 Å². The maximum absolute atomic E-state index is 8.78. The van der Waals surface area contributed by atoms with Gasteiger partial charge in [0.15, 0.2) is 0 Å². The van der Waals surface area contributed by atoms with Crippen LogP contribution in [-0.2, 0) is 0 Å². The monoisotopic (exact) mass is 538 g/mol. The molecule has 2 nitrogen and oxygen atoms in total. The molecule has 230 valence electrons. The lowest BCUT2D eigenvalue weighted by molar-refractivity contribution is 0.282. The van der Waals surface area contributed by atoms with Crippen molar-refractivity contribution in [1.82, 2.24) is 5.32 Å². The molecule has 38 heavy (non-hydrogen) atoms. The molecule has 0 atom stereocenters. The van der Waals surface area contributed by atoms with Crippen molar-refractivity contribution in [3.63, 3.8) is 0 Å². The van der Waals surface area contributed by atoms with Gasteiger partial charge in [0.05, 0.1) is 0 Å². The van der Waals surface area contributed by atoms with E-state index in [2.05, 4.69) is 12.2 Å². The fourth-order valence-corrected chi connectivity index (χ4v) is 5.76. The average Bonchev–Trinajstić information content (AvgIpc) is 2.93. The van der Waals surface area contributed by atoms with Crippen LogP contribution in [0.4, 0.5) is 0 Å². The van der Waals surface area contributed by atoms with Crippen molar-refractivity contribution in [2.24, 2.45) is 0 Å². The molecule has 0 rings (SSSR count). The van der Waals surface area contributed by atoms with Gasteiger partial charge in [0.2, 0.25) is 0 Å². The van der Waals surface area contributed by atoms with E-state index in [1.807, 2.05) is 0 Å². The van der Waals surface area contributed by atoms with Crippen LogP contribution < -0.4 is 5.32 Å². The highest BCUT2D eigenvalue weighted by molar-refractivity contribution is 4.54. The highest BCUT2D eigenvalue weighted by atomic mass is 16.2. The fraction of sp³-hybridized carbons (Fsp3) is 1.00. The summed E-state index contributed by atoms with van der Waals surface area (Å²) in [7, 11) is 0. The van der Waals surface area contributed by atoms with Crippen molar-refractivity contribution in [2.45, 2.75) is 212 Å². The van der Waals surface area contributed by atoms with Gasteiger partial charge in [0.25, 0.3) is 0 Å². The Morgan fingerprint density at radius 3 is 0.737 bits per heavy atom. The van der Waals surface area contributed by atoms with Gasteiger partial charge in [-0.25, -0.2) is 0 Å². The van der Waals surface area contributed by atoms with Gasteiger partial charge in [-0.3, -0.25) is 0 Å². The van der Waals surface area contributed by atoms with E-state index in [1.54, 1.807) is 0 Å². The van der Waals surface area contributed by atoms with E-state index in [9.17, 15) is 0 Å². The molecule has 0 saturated carbocycles. The summed E-state index contributed by atoms with van der Waals surface area (Å²) in [5.74, 6) is 0. The van der Waals surface area contributed by atoms with Gasteiger partial charge in [-0.05, 0) is 32.4 Å². The fourth-order valence-electron chi connectivity index (χ4n) is 5.76. The Balaban J connectivity index is 3.01. The Hall–Kier alpha value is -0.0800. The number of nitrogens with one attached hydrogen (secondary N) is 1. The summed E-state index contributed by atoms with van der Waals surface area (Å²) in [6, 6.07) is 0. The number of aliphatic hydroxyl groups is 1. The summed E-state index contributed by atoms with van der Waals surface area (Å²) < 4.78 is 0. The van der Waals surface area contributed by atoms with Crippen molar-refractivity contribution in [1.29, 1.82) is 0 Å². The molecule has 0 bridgehead atoms. The number of rotatable bonds is 35. The molecule has 0 aliphatic rings. The molecular formula is C36H75NO. The standard InChI is InChI=1S/C36H75NO/c1-2-3-4-5-6-7-8-9-16-19-22-25-28-31-34-37-35-32-29-26-23-20-17-14-12-10-11-13-15-18-21-24-27-30-33-36-38/h37-38H,2-36H2,1H3. The molecule has 0 aliphatic carbocycles. The topological polar surface area (TPSA) is 32.3 Å². The predicted octanol–water partition coefficient (Wildman–Crippen LogP) is 12.1. The van der Waals surface area contributed by atoms with Gasteiger partial charge >= 0.3 is 0 Å². The maximum Gasteiger partial charge on any atom is 0.0431 e. The zero-order valence-corrected chi connectivity index (χ0v) is 26.7. The summed E-state index contributed by atoms with van der Waals surface area (Å²) in [5.41, 5.74) is 0. The third-order valence-electron chi connectivity index (χ3n) is 8.47. The third kappa shape index (κ3) is 35.9. The van der Waals surface area contributed by atoms with Gasteiger partial charge in [-0.1, -0.05) is 193 Å². The Labute approximate surface area is 242 Å². The average molecular weight is 538 g/mol. The SMILES string of the molecule is CCCCCCCCCCCCCCCCNCCCCCCCCCCCCCCCCCCCCO. The summed E-state index contributed by atoms with van der Waals surface area (Å²) >= 11 is 0. The molecule has 0 heterocycles. The Kier molecular flexibility index (Phi) is 36.8. The highest BCUT2D eigenvalue weighted by Crippen LogP contribution is 2.15. The van der Waals surface area contributed by atoms with E-state index in [-0.39, 0.29) is 0 Å². The minimum Gasteiger partial charge on any atom is -0.396 e. The van der Waals surface area contributed by atoms with Crippen molar-refractivity contribution in [3.8, 4) is 0 Å². The predicted molar refractivity (Wildman–Crippen MR) is 173 cm³/mol.